The molecule has 40 heteroatoms. The largest absolute Gasteiger partial charge is 0.506 e. The molecule has 12 heterocycles. The highest BCUT2D eigenvalue weighted by Crippen LogP contribution is 2.43. The third kappa shape index (κ3) is 16.4. The predicted octanol–water partition coefficient (Wildman–Crippen LogP) is 4.58. The molecule has 0 spiro atoms. The molecule has 8 aromatic heterocycles. The van der Waals surface area contributed by atoms with Crippen molar-refractivity contribution in [1.29, 1.82) is 0 Å². The van der Waals surface area contributed by atoms with E-state index >= 15 is 19.2 Å². The lowest BCUT2D eigenvalue weighted by Crippen LogP contribution is -2.62. The Hall–Kier alpha value is -10.4. The SMILES string of the molecule is CO/C(C)=C1/NC(=O)[C@H]([C@@H](C)O)NC(=O)c2csc(n2)-c2cc(O)c(-c3nc(C(=O)NC(CN(C)CCCNc4ccncc4)C(N)=O)cs3)nc2-c2csc(n2)[C@@H]2COC(=O)c3c4c5c(cccc5n3O)COC(=O)[C@@H](O[C@H]3C[C@](C)(O)[C@H](N(C)C)[C@H](C)O3)[C@@H](OC4)[C@H](NC(=O)c3csc1n3)c1nc(cs1)C(=O)N2. The molecule has 1 fully saturated rings. The summed E-state index contributed by atoms with van der Waals surface area (Å²) in [5.74, 6) is -7.99. The Balaban J connectivity index is 0.922. The molecule has 110 heavy (non-hydrogen) atoms. The molecule has 6 amide bonds. The number of aromatic hydroxyl groups is 1. The van der Waals surface area contributed by atoms with Crippen LogP contribution < -0.4 is 37.6 Å². The molecule has 0 saturated carbocycles. The summed E-state index contributed by atoms with van der Waals surface area (Å²) < 4.78 is 38.4. The number of benzene rings is 1. The van der Waals surface area contributed by atoms with Crippen molar-refractivity contribution in [3.05, 3.63) is 136 Å². The third-order valence-corrected chi connectivity index (χ3v) is 23.1. The average Bonchev–Trinajstić information content (AvgIpc) is 1.53. The first-order chi connectivity index (χ1) is 52.6. The molecule has 4 aliphatic rings. The molecule has 0 aliphatic carbocycles. The van der Waals surface area contributed by atoms with Crippen LogP contribution in [-0.2, 0) is 56.0 Å². The number of nitrogens with one attached hydrogen (secondary N) is 6. The second kappa shape index (κ2) is 32.7. The smallest absolute Gasteiger partial charge is 0.358 e. The van der Waals surface area contributed by atoms with Gasteiger partial charge in [0.15, 0.2) is 18.1 Å². The fraction of sp³-hybridized carbons (Fsp3) is 0.386. The van der Waals surface area contributed by atoms with Gasteiger partial charge in [-0.25, -0.2) is 39.5 Å². The van der Waals surface area contributed by atoms with Crippen molar-refractivity contribution in [2.75, 3.05) is 59.8 Å². The number of allylic oxidation sites excluding steroid dienone is 1. The summed E-state index contributed by atoms with van der Waals surface area (Å²) in [6.07, 6.45) is -3.58. The molecule has 1 saturated heterocycles. The molecule has 13 rings (SSSR count). The van der Waals surface area contributed by atoms with Crippen LogP contribution in [0.1, 0.15) is 131 Å². The van der Waals surface area contributed by atoms with E-state index < -0.39 is 145 Å². The van der Waals surface area contributed by atoms with E-state index in [4.69, 9.17) is 49.1 Å². The Labute approximate surface area is 646 Å². The van der Waals surface area contributed by atoms with E-state index in [1.807, 2.05) is 17.0 Å². The number of methoxy groups -OCH3 is 1. The van der Waals surface area contributed by atoms with Crippen LogP contribution in [0, 0.1) is 0 Å². The van der Waals surface area contributed by atoms with Crippen molar-refractivity contribution >= 4 is 126 Å². The second-order valence-corrected chi connectivity index (χ2v) is 31.1. The van der Waals surface area contributed by atoms with E-state index in [0.29, 0.717) is 29.8 Å². The van der Waals surface area contributed by atoms with E-state index in [2.05, 4.69) is 51.8 Å². The number of rotatable bonds is 16. The summed E-state index contributed by atoms with van der Waals surface area (Å²) in [7, 11) is 6.62. The standard InChI is InChI=1S/C70H75N17O18S5/c1-30(88)48-62(95)83-49(31(2)100-8)65-78-43(29-108-65)61(94)84-52-54-55(105-46-20-70(4,98)56(85(5)6)32(3)104-46)69(97)102-22-33-11-9-12-44-47(33)36(23-101-54)53(87(44)99)68(96)103-24-38(75-59(92)41-28-110-67(52)80-41)64-76-39(25-107-64)50-35(63-77-42(26-106-63)60(93)82-48)19-45(89)51(81-50)66-79-40(27-109-66)58(91)74-37(57(71)90)21-86(7)18-10-15-73-34-13-16-72-17-14-34/h9,11-14,16-17,19,25-30,32,37-38,46,48,52,54-56,88-89,98-99H,10,15,18,20-24H2,1-8H3,(H2,71,90)(H,72,73)(H,74,91)(H,75,92)(H,82,93)(H,83,95)(H,84,94)/b49-31+/t30-,32+,37?,38+,46+,48+,52+,54+,55+,56-,70+/m1/s1. The first-order valence-electron chi connectivity index (χ1n) is 34.2. The number of hydrogen-bond donors (Lipinski definition) is 11. The van der Waals surface area contributed by atoms with Gasteiger partial charge in [0.05, 0.1) is 43.1 Å². The summed E-state index contributed by atoms with van der Waals surface area (Å²) in [5, 5.41) is 71.8. The number of ether oxygens (including phenoxy) is 6. The maximum absolute atomic E-state index is 15.3. The highest BCUT2D eigenvalue weighted by molar-refractivity contribution is 7.14. The quantitative estimate of drug-likeness (QED) is 0.0273. The van der Waals surface area contributed by atoms with Crippen LogP contribution in [0.5, 0.6) is 5.75 Å². The number of aliphatic hydroxyl groups excluding tert-OH is 1. The van der Waals surface area contributed by atoms with Crippen LogP contribution in [0.3, 0.4) is 0 Å². The van der Waals surface area contributed by atoms with Crippen LogP contribution in [0.15, 0.2) is 81.5 Å². The van der Waals surface area contributed by atoms with Crippen LogP contribution >= 0.6 is 56.7 Å². The number of thiazole rings is 5. The van der Waals surface area contributed by atoms with Crippen LogP contribution in [-0.4, -0.2) is 226 Å². The van der Waals surface area contributed by atoms with Gasteiger partial charge in [0, 0.05) is 81.0 Å². The van der Waals surface area contributed by atoms with Crippen molar-refractivity contribution in [1.82, 2.24) is 76.0 Å². The van der Waals surface area contributed by atoms with Crippen LogP contribution in [0.4, 0.5) is 5.69 Å². The number of primary amides is 1. The Morgan fingerprint density at radius 1 is 0.836 bits per heavy atom. The van der Waals surface area contributed by atoms with Gasteiger partial charge in [-0.3, -0.25) is 33.8 Å². The fourth-order valence-electron chi connectivity index (χ4n) is 13.4. The number of likely N-dealkylation sites (N-methyl/N-ethyl adjacent to an activating group) is 2. The van der Waals surface area contributed by atoms with Gasteiger partial charge in [-0.2, -0.15) is 4.73 Å². The fourth-order valence-corrected chi connectivity index (χ4v) is 17.5. The number of hydrogen-bond acceptors (Lipinski definition) is 33. The monoisotopic (exact) mass is 1600 g/mol. The van der Waals surface area contributed by atoms with Gasteiger partial charge >= 0.3 is 11.9 Å². The summed E-state index contributed by atoms with van der Waals surface area (Å²) in [5.41, 5.74) is 3.90. The Bertz CT molecular complexity index is 5050. The summed E-state index contributed by atoms with van der Waals surface area (Å²) >= 11 is 4.51. The molecule has 9 aromatic rings. The number of amides is 6. The van der Waals surface area contributed by atoms with Gasteiger partial charge < -0.3 is 96.4 Å². The van der Waals surface area contributed by atoms with Crippen molar-refractivity contribution in [2.24, 2.45) is 5.73 Å². The number of pyridine rings is 2. The number of esters is 2. The van der Waals surface area contributed by atoms with Crippen molar-refractivity contribution in [2.45, 2.75) is 120 Å². The Morgan fingerprint density at radius 3 is 2.25 bits per heavy atom. The lowest BCUT2D eigenvalue weighted by atomic mass is 9.85. The molecular formula is C70H75N17O18S5. The number of aromatic nitrogens is 8. The van der Waals surface area contributed by atoms with Gasteiger partial charge in [0.25, 0.3) is 23.6 Å². The minimum Gasteiger partial charge on any atom is -0.506 e. The van der Waals surface area contributed by atoms with Crippen molar-refractivity contribution in [3.8, 4) is 38.4 Å². The summed E-state index contributed by atoms with van der Waals surface area (Å²) in [6, 6.07) is 3.15. The number of carbonyl (C=O) groups is 8. The van der Waals surface area contributed by atoms with Gasteiger partial charge in [0.2, 0.25) is 11.8 Å². The number of aliphatic hydroxyl groups is 2. The molecule has 12 bridgehead atoms. The molecule has 35 nitrogen and oxygen atoms in total. The molecule has 4 aliphatic heterocycles. The molecule has 1 unspecified atom stereocenters. The summed E-state index contributed by atoms with van der Waals surface area (Å²) in [4.78, 5) is 153. The van der Waals surface area contributed by atoms with Crippen molar-refractivity contribution < 1.29 is 87.3 Å². The van der Waals surface area contributed by atoms with Gasteiger partial charge in [0.1, 0.15) is 126 Å². The molecule has 578 valence electrons. The molecule has 11 atom stereocenters. The van der Waals surface area contributed by atoms with E-state index in [0.717, 1.165) is 62.4 Å². The lowest BCUT2D eigenvalue weighted by Gasteiger charge is -2.48. The number of nitrogens with zero attached hydrogens (tertiary/aromatic N) is 10. The Kier molecular flexibility index (Phi) is 23.1. The second-order valence-electron chi connectivity index (χ2n) is 26.7. The predicted molar refractivity (Wildman–Crippen MR) is 400 cm³/mol. The first kappa shape index (κ1) is 77.8. The summed E-state index contributed by atoms with van der Waals surface area (Å²) in [6.45, 7) is 5.43. The minimum absolute atomic E-state index is 0.00568. The maximum Gasteiger partial charge on any atom is 0.358 e. The third-order valence-electron chi connectivity index (χ3n) is 18.6. The highest BCUT2D eigenvalue weighted by Gasteiger charge is 2.50. The van der Waals surface area contributed by atoms with Gasteiger partial charge in [-0.05, 0) is 91.6 Å². The number of nitrogens with two attached hydrogens (primary N) is 1. The normalized spacial score (nSPS) is 23.0. The maximum atomic E-state index is 15.3. The molecule has 0 radical (unpaired) electrons. The van der Waals surface area contributed by atoms with Crippen LogP contribution in [0.2, 0.25) is 0 Å². The number of fused-ring (bicyclic) bond motifs is 15. The highest BCUT2D eigenvalue weighted by atomic mass is 32.1. The number of anilines is 1. The zero-order chi connectivity index (χ0) is 78.1. The average molecular weight is 1600 g/mol. The molecular weight excluding hydrogens is 1530 g/mol. The first-order valence-corrected chi connectivity index (χ1v) is 38.6. The van der Waals surface area contributed by atoms with E-state index in [9.17, 15) is 39.7 Å². The zero-order valence-electron chi connectivity index (χ0n) is 60.0. The molecule has 12 N–H and O–H groups in total. The van der Waals surface area contributed by atoms with E-state index in [-0.39, 0.29) is 111 Å². The lowest BCUT2D eigenvalue weighted by molar-refractivity contribution is -0.280. The van der Waals surface area contributed by atoms with Gasteiger partial charge in [-0.1, -0.05) is 12.1 Å². The van der Waals surface area contributed by atoms with Crippen molar-refractivity contribution in [3.63, 3.8) is 0 Å². The van der Waals surface area contributed by atoms with E-state index in [1.54, 1.807) is 64.4 Å². The Morgan fingerprint density at radius 2 is 1.52 bits per heavy atom. The van der Waals surface area contributed by atoms with Gasteiger partial charge in [-0.15, -0.1) is 56.7 Å². The minimum atomic E-state index is -1.93. The van der Waals surface area contributed by atoms with E-state index in [1.165, 1.54) is 60.0 Å². The van der Waals surface area contributed by atoms with Crippen LogP contribution in [0.25, 0.3) is 49.3 Å². The topological polar surface area (TPSA) is 473 Å². The molecule has 1 aromatic carbocycles. The number of cyclic esters (lactones) is 2. The zero-order valence-corrected chi connectivity index (χ0v) is 64.1. The number of carbonyl (C=O) groups excluding carboxylic acids is 8.